The van der Waals surface area contributed by atoms with Crippen LogP contribution in [0.25, 0.3) is 11.2 Å². The number of nitrogen functional groups attached to an aromatic ring is 1. The molecule has 1 unspecified atom stereocenters. The van der Waals surface area contributed by atoms with Crippen molar-refractivity contribution in [3.05, 3.63) is 12.7 Å². The molecule has 2 N–H and O–H groups in total. The first kappa shape index (κ1) is 17.6. The lowest BCUT2D eigenvalue weighted by Crippen LogP contribution is -2.33. The van der Waals surface area contributed by atoms with Crippen molar-refractivity contribution in [1.29, 1.82) is 0 Å². The molecule has 1 fully saturated rings. The Balaban J connectivity index is 1.48. The minimum atomic E-state index is 0.120. The van der Waals surface area contributed by atoms with Crippen LogP contribution in [-0.2, 0) is 11.3 Å². The number of carbonyl (C=O) groups excluding carboxylic acids is 1. The Morgan fingerprint density at radius 1 is 1.36 bits per heavy atom. The molecule has 3 rings (SSSR count). The molecule has 0 aromatic carbocycles. The van der Waals surface area contributed by atoms with Gasteiger partial charge in [-0.05, 0) is 18.8 Å². The SMILES string of the molecule is CC(CC1CCCC1)C(=O)N(C)CCCn1cnc2c(N)ncnc21. The number of anilines is 1. The Morgan fingerprint density at radius 3 is 2.88 bits per heavy atom. The highest BCUT2D eigenvalue weighted by atomic mass is 16.2. The maximum Gasteiger partial charge on any atom is 0.225 e. The lowest BCUT2D eigenvalue weighted by atomic mass is 9.93. The highest BCUT2D eigenvalue weighted by Gasteiger charge is 2.23. The van der Waals surface area contributed by atoms with Gasteiger partial charge in [-0.2, -0.15) is 0 Å². The van der Waals surface area contributed by atoms with Crippen LogP contribution >= 0.6 is 0 Å². The van der Waals surface area contributed by atoms with Crippen molar-refractivity contribution in [2.45, 2.75) is 52.0 Å². The Hall–Kier alpha value is -2.18. The molecule has 2 aromatic rings. The van der Waals surface area contributed by atoms with E-state index in [4.69, 9.17) is 5.73 Å². The highest BCUT2D eigenvalue weighted by molar-refractivity contribution is 5.81. The second-order valence-electron chi connectivity index (χ2n) is 7.27. The summed E-state index contributed by atoms with van der Waals surface area (Å²) in [6, 6.07) is 0. The van der Waals surface area contributed by atoms with Crippen LogP contribution in [0.5, 0.6) is 0 Å². The van der Waals surface area contributed by atoms with Crippen LogP contribution < -0.4 is 5.73 Å². The Morgan fingerprint density at radius 2 is 2.12 bits per heavy atom. The van der Waals surface area contributed by atoms with Crippen LogP contribution in [0.1, 0.15) is 45.4 Å². The molecule has 25 heavy (non-hydrogen) atoms. The Bertz CT molecular complexity index is 721. The molecule has 2 aromatic heterocycles. The number of imidazole rings is 1. The number of aryl methyl sites for hydroxylation is 1. The summed E-state index contributed by atoms with van der Waals surface area (Å²) < 4.78 is 1.97. The van der Waals surface area contributed by atoms with Gasteiger partial charge >= 0.3 is 0 Å². The van der Waals surface area contributed by atoms with E-state index in [2.05, 4.69) is 21.9 Å². The first-order chi connectivity index (χ1) is 12.1. The predicted molar refractivity (Wildman–Crippen MR) is 97.7 cm³/mol. The van der Waals surface area contributed by atoms with E-state index < -0.39 is 0 Å². The normalized spacial score (nSPS) is 16.4. The second-order valence-corrected chi connectivity index (χ2v) is 7.27. The third-order valence-electron chi connectivity index (χ3n) is 5.28. The van der Waals surface area contributed by atoms with Gasteiger partial charge in [0.05, 0.1) is 6.33 Å². The molecule has 1 aliphatic rings. The van der Waals surface area contributed by atoms with Crippen molar-refractivity contribution >= 4 is 22.9 Å². The van der Waals surface area contributed by atoms with Gasteiger partial charge in [0.15, 0.2) is 11.5 Å². The molecule has 7 heteroatoms. The fourth-order valence-electron chi connectivity index (χ4n) is 3.87. The van der Waals surface area contributed by atoms with Gasteiger partial charge in [-0.3, -0.25) is 4.79 Å². The topological polar surface area (TPSA) is 89.9 Å². The number of carbonyl (C=O) groups is 1. The number of fused-ring (bicyclic) bond motifs is 1. The van der Waals surface area contributed by atoms with Crippen LogP contribution in [0.2, 0.25) is 0 Å². The first-order valence-electron chi connectivity index (χ1n) is 9.22. The van der Waals surface area contributed by atoms with E-state index >= 15 is 0 Å². The molecule has 0 radical (unpaired) electrons. The van der Waals surface area contributed by atoms with Gasteiger partial charge in [0.25, 0.3) is 0 Å². The van der Waals surface area contributed by atoms with Crippen molar-refractivity contribution in [2.75, 3.05) is 19.3 Å². The van der Waals surface area contributed by atoms with E-state index in [0.717, 1.165) is 37.5 Å². The quantitative estimate of drug-likeness (QED) is 0.833. The van der Waals surface area contributed by atoms with Crippen LogP contribution in [0, 0.1) is 11.8 Å². The summed E-state index contributed by atoms with van der Waals surface area (Å²) in [6.07, 6.45) is 10.3. The summed E-state index contributed by atoms with van der Waals surface area (Å²) in [5.74, 6) is 1.52. The van der Waals surface area contributed by atoms with Gasteiger partial charge in [-0.1, -0.05) is 32.6 Å². The molecule has 1 saturated carbocycles. The van der Waals surface area contributed by atoms with Crippen molar-refractivity contribution < 1.29 is 4.79 Å². The molecule has 0 spiro atoms. The summed E-state index contributed by atoms with van der Waals surface area (Å²) in [5.41, 5.74) is 7.19. The smallest absolute Gasteiger partial charge is 0.225 e. The second kappa shape index (κ2) is 7.80. The Kier molecular flexibility index (Phi) is 5.50. The number of rotatable bonds is 7. The van der Waals surface area contributed by atoms with E-state index in [9.17, 15) is 4.79 Å². The number of nitrogens with two attached hydrogens (primary N) is 1. The molecular weight excluding hydrogens is 316 g/mol. The number of aromatic nitrogens is 4. The molecule has 7 nitrogen and oxygen atoms in total. The summed E-state index contributed by atoms with van der Waals surface area (Å²) in [7, 11) is 1.90. The highest BCUT2D eigenvalue weighted by Crippen LogP contribution is 2.30. The van der Waals surface area contributed by atoms with E-state index in [1.54, 1.807) is 6.33 Å². The number of amides is 1. The molecule has 1 atom stereocenters. The minimum absolute atomic E-state index is 0.120. The zero-order valence-electron chi connectivity index (χ0n) is 15.2. The summed E-state index contributed by atoms with van der Waals surface area (Å²) in [4.78, 5) is 26.9. The standard InChI is InChI=1S/C18H28N6O/c1-13(10-14-6-3-4-7-14)18(25)23(2)8-5-9-24-12-22-15-16(19)20-11-21-17(15)24/h11-14H,3-10H2,1-2H3,(H2,19,20,21). The van der Waals surface area contributed by atoms with Crippen molar-refractivity contribution in [1.82, 2.24) is 24.4 Å². The van der Waals surface area contributed by atoms with Gasteiger partial charge in [0.2, 0.25) is 5.91 Å². The summed E-state index contributed by atoms with van der Waals surface area (Å²) in [5, 5.41) is 0. The van der Waals surface area contributed by atoms with E-state index in [1.165, 1.54) is 32.0 Å². The van der Waals surface area contributed by atoms with Gasteiger partial charge in [0, 0.05) is 26.1 Å². The number of nitrogens with zero attached hydrogens (tertiary/aromatic N) is 5. The van der Waals surface area contributed by atoms with Gasteiger partial charge in [-0.25, -0.2) is 15.0 Å². The van der Waals surface area contributed by atoms with E-state index in [1.807, 2.05) is 16.5 Å². The van der Waals surface area contributed by atoms with Crippen molar-refractivity contribution in [3.63, 3.8) is 0 Å². The molecular formula is C18H28N6O. The van der Waals surface area contributed by atoms with Crippen LogP contribution in [0.3, 0.4) is 0 Å². The number of hydrogen-bond acceptors (Lipinski definition) is 5. The third-order valence-corrected chi connectivity index (χ3v) is 5.28. The fraction of sp³-hybridized carbons (Fsp3) is 0.667. The lowest BCUT2D eigenvalue weighted by molar-refractivity contribution is -0.134. The van der Waals surface area contributed by atoms with Crippen LogP contribution in [-0.4, -0.2) is 43.9 Å². The molecule has 0 aliphatic heterocycles. The average Bonchev–Trinajstić information content (AvgIpc) is 3.25. The van der Waals surface area contributed by atoms with Gasteiger partial charge in [-0.15, -0.1) is 0 Å². The zero-order chi connectivity index (χ0) is 17.8. The van der Waals surface area contributed by atoms with Crippen molar-refractivity contribution in [3.8, 4) is 0 Å². The van der Waals surface area contributed by atoms with Crippen molar-refractivity contribution in [2.24, 2.45) is 11.8 Å². The predicted octanol–water partition coefficient (Wildman–Crippen LogP) is 2.47. The zero-order valence-corrected chi connectivity index (χ0v) is 15.2. The number of hydrogen-bond donors (Lipinski definition) is 1. The minimum Gasteiger partial charge on any atom is -0.382 e. The fourth-order valence-corrected chi connectivity index (χ4v) is 3.87. The Labute approximate surface area is 148 Å². The summed E-state index contributed by atoms with van der Waals surface area (Å²) >= 11 is 0. The average molecular weight is 344 g/mol. The summed E-state index contributed by atoms with van der Waals surface area (Å²) in [6.45, 7) is 3.55. The first-order valence-corrected chi connectivity index (χ1v) is 9.22. The van der Waals surface area contributed by atoms with Crippen LogP contribution in [0.15, 0.2) is 12.7 Å². The molecule has 2 heterocycles. The third kappa shape index (κ3) is 4.08. The molecule has 0 saturated heterocycles. The van der Waals surface area contributed by atoms with Gasteiger partial charge < -0.3 is 15.2 Å². The maximum atomic E-state index is 12.5. The maximum absolute atomic E-state index is 12.5. The van der Waals surface area contributed by atoms with Crippen LogP contribution in [0.4, 0.5) is 5.82 Å². The largest absolute Gasteiger partial charge is 0.382 e. The molecule has 1 aliphatic carbocycles. The molecule has 1 amide bonds. The lowest BCUT2D eigenvalue weighted by Gasteiger charge is -2.23. The van der Waals surface area contributed by atoms with E-state index in [0.29, 0.717) is 11.3 Å². The molecule has 0 bridgehead atoms. The van der Waals surface area contributed by atoms with E-state index in [-0.39, 0.29) is 11.8 Å². The van der Waals surface area contributed by atoms with Gasteiger partial charge in [0.1, 0.15) is 11.8 Å². The monoisotopic (exact) mass is 344 g/mol. The molecule has 136 valence electrons.